The highest BCUT2D eigenvalue weighted by Gasteiger charge is 2.50. The molecule has 2 amide bonds. The molecule has 1 aromatic heterocycles. The van der Waals surface area contributed by atoms with E-state index in [1.54, 1.807) is 6.26 Å². The summed E-state index contributed by atoms with van der Waals surface area (Å²) < 4.78 is 5.48. The summed E-state index contributed by atoms with van der Waals surface area (Å²) in [6, 6.07) is 16.6. The lowest BCUT2D eigenvalue weighted by molar-refractivity contribution is -0.131. The van der Waals surface area contributed by atoms with Crippen molar-refractivity contribution in [3.63, 3.8) is 0 Å². The topological polar surface area (TPSA) is 66.1 Å². The zero-order valence-corrected chi connectivity index (χ0v) is 20.5. The molecule has 2 aliphatic carbocycles. The number of furan rings is 1. The van der Waals surface area contributed by atoms with E-state index in [0.717, 1.165) is 91.5 Å². The van der Waals surface area contributed by atoms with E-state index < -0.39 is 5.54 Å². The Balaban J connectivity index is 1.15. The van der Waals surface area contributed by atoms with E-state index in [4.69, 9.17) is 9.41 Å². The Kier molecular flexibility index (Phi) is 5.05. The van der Waals surface area contributed by atoms with Crippen molar-refractivity contribution >= 4 is 28.6 Å². The number of carbonyl (C=O) groups excluding carboxylic acids is 2. The van der Waals surface area contributed by atoms with Gasteiger partial charge in [0.25, 0.3) is 5.91 Å². The van der Waals surface area contributed by atoms with Gasteiger partial charge < -0.3 is 9.32 Å². The first-order valence-electron chi connectivity index (χ1n) is 13.4. The summed E-state index contributed by atoms with van der Waals surface area (Å²) in [5.74, 6) is 1.85. The van der Waals surface area contributed by atoms with Crippen LogP contribution in [0.2, 0.25) is 0 Å². The quantitative estimate of drug-likeness (QED) is 0.499. The number of hydrogen-bond acceptors (Lipinski definition) is 4. The van der Waals surface area contributed by atoms with Crippen LogP contribution in [0.1, 0.15) is 50.5 Å². The Labute approximate surface area is 211 Å². The van der Waals surface area contributed by atoms with Crippen LogP contribution in [0.3, 0.4) is 0 Å². The average molecular weight is 482 g/mol. The van der Waals surface area contributed by atoms with E-state index in [0.29, 0.717) is 18.4 Å². The standard InChI is InChI=1S/C30H31N3O3/c34-28(23-7-8-23)32-15-11-20(18-32)19-33-27(31-30(29(33)35)13-1-2-14-30)22-5-3-21(4-6-22)24-9-10-26-25(17-24)12-16-36-26/h3-6,9-10,12,16-17,20,23H,1-2,7-8,11,13-15,18-19H2. The smallest absolute Gasteiger partial charge is 0.256 e. The third-order valence-electron chi connectivity index (χ3n) is 8.54. The molecule has 1 saturated heterocycles. The fraction of sp³-hybridized carbons (Fsp3) is 0.433. The molecule has 6 nitrogen and oxygen atoms in total. The molecule has 3 aromatic rings. The molecule has 2 aromatic carbocycles. The van der Waals surface area contributed by atoms with Gasteiger partial charge in [0.05, 0.1) is 6.26 Å². The number of amidine groups is 1. The predicted octanol–water partition coefficient (Wildman–Crippen LogP) is 5.26. The third kappa shape index (κ3) is 3.66. The molecule has 4 aliphatic rings. The van der Waals surface area contributed by atoms with Crippen molar-refractivity contribution in [2.24, 2.45) is 16.8 Å². The molecule has 0 radical (unpaired) electrons. The van der Waals surface area contributed by atoms with E-state index >= 15 is 0 Å². The zero-order valence-electron chi connectivity index (χ0n) is 20.5. The number of amides is 2. The van der Waals surface area contributed by atoms with Gasteiger partial charge in [-0.1, -0.05) is 43.2 Å². The fourth-order valence-corrected chi connectivity index (χ4v) is 6.32. The summed E-state index contributed by atoms with van der Waals surface area (Å²) in [7, 11) is 0. The average Bonchev–Trinajstić information content (AvgIpc) is 3.24. The van der Waals surface area contributed by atoms with Crippen LogP contribution in [0.5, 0.6) is 0 Å². The van der Waals surface area contributed by atoms with Gasteiger partial charge >= 0.3 is 0 Å². The van der Waals surface area contributed by atoms with E-state index in [9.17, 15) is 9.59 Å². The summed E-state index contributed by atoms with van der Waals surface area (Å²) in [5.41, 5.74) is 3.55. The largest absolute Gasteiger partial charge is 0.464 e. The van der Waals surface area contributed by atoms with Gasteiger partial charge in [-0.25, -0.2) is 0 Å². The predicted molar refractivity (Wildman–Crippen MR) is 139 cm³/mol. The first-order chi connectivity index (χ1) is 17.6. The van der Waals surface area contributed by atoms with E-state index in [-0.39, 0.29) is 11.8 Å². The van der Waals surface area contributed by atoms with Crippen LogP contribution in [-0.2, 0) is 9.59 Å². The number of rotatable bonds is 5. The summed E-state index contributed by atoms with van der Waals surface area (Å²) in [6.45, 7) is 2.22. The van der Waals surface area contributed by atoms with Crippen LogP contribution < -0.4 is 0 Å². The van der Waals surface area contributed by atoms with Gasteiger partial charge in [-0.2, -0.15) is 0 Å². The van der Waals surface area contributed by atoms with Crippen LogP contribution in [0.15, 0.2) is 64.2 Å². The second kappa shape index (κ2) is 8.32. The van der Waals surface area contributed by atoms with Crippen LogP contribution >= 0.6 is 0 Å². The van der Waals surface area contributed by atoms with Crippen molar-refractivity contribution in [3.8, 4) is 11.1 Å². The SMILES string of the molecule is O=C(C1CC1)N1CCC(CN2C(=O)C3(CCCC3)N=C2c2ccc(-c3ccc4occc4c3)cc2)C1. The summed E-state index contributed by atoms with van der Waals surface area (Å²) >= 11 is 0. The van der Waals surface area contributed by atoms with Gasteiger partial charge in [0.2, 0.25) is 5.91 Å². The maximum absolute atomic E-state index is 13.7. The highest BCUT2D eigenvalue weighted by molar-refractivity contribution is 6.15. The van der Waals surface area contributed by atoms with Crippen molar-refractivity contribution in [2.75, 3.05) is 19.6 Å². The molecule has 3 fully saturated rings. The second-order valence-electron chi connectivity index (χ2n) is 11.1. The maximum Gasteiger partial charge on any atom is 0.256 e. The summed E-state index contributed by atoms with van der Waals surface area (Å²) in [5, 5.41) is 1.09. The molecular formula is C30H31N3O3. The Morgan fingerprint density at radius 1 is 0.972 bits per heavy atom. The van der Waals surface area contributed by atoms with Crippen LogP contribution in [-0.4, -0.2) is 52.6 Å². The van der Waals surface area contributed by atoms with E-state index in [1.807, 2.05) is 21.9 Å². The molecule has 6 heteroatoms. The van der Waals surface area contributed by atoms with Crippen LogP contribution in [0, 0.1) is 11.8 Å². The molecule has 7 rings (SSSR count). The van der Waals surface area contributed by atoms with Crippen molar-refractivity contribution in [1.82, 2.24) is 9.80 Å². The molecule has 2 saturated carbocycles. The Morgan fingerprint density at radius 2 is 1.72 bits per heavy atom. The molecule has 184 valence electrons. The fourth-order valence-electron chi connectivity index (χ4n) is 6.32. The van der Waals surface area contributed by atoms with Crippen LogP contribution in [0.25, 0.3) is 22.1 Å². The van der Waals surface area contributed by atoms with Gasteiger partial charge in [0.1, 0.15) is 17.0 Å². The number of aliphatic imine (C=N–C) groups is 1. The molecular weight excluding hydrogens is 450 g/mol. The lowest BCUT2D eigenvalue weighted by atomic mass is 9.97. The normalized spacial score (nSPS) is 23.3. The monoisotopic (exact) mass is 481 g/mol. The molecule has 0 N–H and O–H groups in total. The van der Waals surface area contributed by atoms with Gasteiger partial charge in [-0.15, -0.1) is 0 Å². The Bertz CT molecular complexity index is 1360. The van der Waals surface area contributed by atoms with Crippen molar-refractivity contribution in [2.45, 2.75) is 50.5 Å². The molecule has 36 heavy (non-hydrogen) atoms. The molecule has 3 heterocycles. The molecule has 1 atom stereocenters. The minimum Gasteiger partial charge on any atom is -0.464 e. The highest BCUT2D eigenvalue weighted by Crippen LogP contribution is 2.41. The van der Waals surface area contributed by atoms with Crippen molar-refractivity contribution in [1.29, 1.82) is 0 Å². The first-order valence-corrected chi connectivity index (χ1v) is 13.4. The molecule has 2 aliphatic heterocycles. The number of hydrogen-bond donors (Lipinski definition) is 0. The van der Waals surface area contributed by atoms with Gasteiger partial charge in [-0.05, 0) is 67.3 Å². The summed E-state index contributed by atoms with van der Waals surface area (Å²) in [6.07, 6.45) is 8.53. The number of likely N-dealkylation sites (tertiary alicyclic amines) is 1. The molecule has 0 bridgehead atoms. The lowest BCUT2D eigenvalue weighted by Crippen LogP contribution is -2.44. The van der Waals surface area contributed by atoms with Crippen molar-refractivity contribution in [3.05, 3.63) is 60.4 Å². The number of carbonyl (C=O) groups is 2. The number of benzene rings is 2. The van der Waals surface area contributed by atoms with Gasteiger partial charge in [0.15, 0.2) is 0 Å². The number of nitrogens with zero attached hydrogens (tertiary/aromatic N) is 3. The first kappa shape index (κ1) is 21.8. The van der Waals surface area contributed by atoms with Gasteiger partial charge in [0, 0.05) is 36.5 Å². The van der Waals surface area contributed by atoms with Crippen molar-refractivity contribution < 1.29 is 14.0 Å². The second-order valence-corrected chi connectivity index (χ2v) is 11.1. The number of fused-ring (bicyclic) bond motifs is 1. The van der Waals surface area contributed by atoms with E-state index in [1.165, 1.54) is 0 Å². The van der Waals surface area contributed by atoms with Gasteiger partial charge in [-0.3, -0.25) is 19.5 Å². The lowest BCUT2D eigenvalue weighted by Gasteiger charge is -2.25. The van der Waals surface area contributed by atoms with E-state index in [2.05, 4.69) is 36.4 Å². The minimum absolute atomic E-state index is 0.163. The Morgan fingerprint density at radius 3 is 2.50 bits per heavy atom. The third-order valence-corrected chi connectivity index (χ3v) is 8.54. The minimum atomic E-state index is -0.581. The zero-order chi connectivity index (χ0) is 24.3. The summed E-state index contributed by atoms with van der Waals surface area (Å²) in [4.78, 5) is 35.4. The highest BCUT2D eigenvalue weighted by atomic mass is 16.3. The maximum atomic E-state index is 13.7. The Hall–Kier alpha value is -3.41. The van der Waals surface area contributed by atoms with Crippen LogP contribution in [0.4, 0.5) is 0 Å². The molecule has 1 unspecified atom stereocenters. The molecule has 1 spiro atoms.